The van der Waals surface area contributed by atoms with E-state index in [1.54, 1.807) is 13.2 Å². The summed E-state index contributed by atoms with van der Waals surface area (Å²) in [7, 11) is 1.66. The van der Waals surface area contributed by atoms with Crippen LogP contribution in [-0.4, -0.2) is 17.9 Å². The Morgan fingerprint density at radius 2 is 1.89 bits per heavy atom. The van der Waals surface area contributed by atoms with E-state index in [2.05, 4.69) is 21.2 Å². The summed E-state index contributed by atoms with van der Waals surface area (Å²) in [6.45, 7) is 4.65. The molecule has 0 unspecified atom stereocenters. The molecular formula is C21H21Cl2N3O. The van der Waals surface area contributed by atoms with Crippen LogP contribution in [0, 0.1) is 13.8 Å². The summed E-state index contributed by atoms with van der Waals surface area (Å²) in [4.78, 5) is 0. The summed E-state index contributed by atoms with van der Waals surface area (Å²) in [5, 5.41) is 5.44. The van der Waals surface area contributed by atoms with E-state index in [-0.39, 0.29) is 0 Å². The van der Waals surface area contributed by atoms with E-state index < -0.39 is 0 Å². The first-order chi connectivity index (χ1) is 13.0. The molecule has 4 nitrogen and oxygen atoms in total. The number of rotatable bonds is 6. The Bertz CT molecular complexity index is 980. The van der Waals surface area contributed by atoms with Crippen molar-refractivity contribution < 1.29 is 4.74 Å². The molecule has 6 heteroatoms. The van der Waals surface area contributed by atoms with Gasteiger partial charge in [-0.2, -0.15) is 5.10 Å². The van der Waals surface area contributed by atoms with Crippen LogP contribution in [0.4, 0.5) is 0 Å². The normalized spacial score (nSPS) is 11.1. The van der Waals surface area contributed by atoms with E-state index in [1.807, 2.05) is 56.5 Å². The predicted octanol–water partition coefficient (Wildman–Crippen LogP) is 5.53. The third-order valence-electron chi connectivity index (χ3n) is 4.40. The molecule has 1 N–H and O–H groups in total. The first-order valence-corrected chi connectivity index (χ1v) is 9.29. The molecule has 0 aliphatic rings. The van der Waals surface area contributed by atoms with Gasteiger partial charge in [-0.25, -0.2) is 0 Å². The average molecular weight is 402 g/mol. The second-order valence-corrected chi connectivity index (χ2v) is 6.92. The summed E-state index contributed by atoms with van der Waals surface area (Å²) in [6, 6.07) is 15.6. The quantitative estimate of drug-likeness (QED) is 0.435. The molecule has 0 amide bonds. The van der Waals surface area contributed by atoms with Crippen LogP contribution >= 0.6 is 23.2 Å². The van der Waals surface area contributed by atoms with Gasteiger partial charge in [0.25, 0.3) is 0 Å². The van der Waals surface area contributed by atoms with Crippen LogP contribution in [0.25, 0.3) is 5.69 Å². The van der Waals surface area contributed by atoms with E-state index in [4.69, 9.17) is 27.9 Å². The van der Waals surface area contributed by atoms with Gasteiger partial charge in [0.15, 0.2) is 0 Å². The fourth-order valence-electron chi connectivity index (χ4n) is 3.05. The number of halogens is 2. The number of hydrazone groups is 1. The molecule has 27 heavy (non-hydrogen) atoms. The first-order valence-electron chi connectivity index (χ1n) is 8.54. The Balaban J connectivity index is 1.79. The number of aromatic nitrogens is 1. The Labute approximate surface area is 169 Å². The standard InChI is InChI=1S/C21H21Cl2N3O/c1-14-11-17(13-25-24-12-16-7-4-5-10-20(16)27-3)15(2)26(14)19-9-6-8-18(22)21(19)23/h4-11,13,24H,12H2,1-3H3/b25-13-. The van der Waals surface area contributed by atoms with Crippen molar-refractivity contribution in [3.63, 3.8) is 0 Å². The molecule has 0 saturated carbocycles. The van der Waals surface area contributed by atoms with Crippen LogP contribution in [0.3, 0.4) is 0 Å². The summed E-state index contributed by atoms with van der Waals surface area (Å²) in [6.07, 6.45) is 1.81. The van der Waals surface area contributed by atoms with Gasteiger partial charge in [-0.1, -0.05) is 47.5 Å². The number of nitrogens with zero attached hydrogens (tertiary/aromatic N) is 2. The van der Waals surface area contributed by atoms with Gasteiger partial charge in [0.05, 0.1) is 35.6 Å². The van der Waals surface area contributed by atoms with Crippen molar-refractivity contribution in [2.24, 2.45) is 5.10 Å². The maximum atomic E-state index is 6.39. The number of ether oxygens (including phenoxy) is 1. The molecule has 0 aliphatic carbocycles. The second-order valence-electron chi connectivity index (χ2n) is 6.14. The van der Waals surface area contributed by atoms with Crippen molar-refractivity contribution in [1.82, 2.24) is 9.99 Å². The van der Waals surface area contributed by atoms with E-state index in [1.165, 1.54) is 0 Å². The smallest absolute Gasteiger partial charge is 0.123 e. The fraction of sp³-hybridized carbons (Fsp3) is 0.190. The van der Waals surface area contributed by atoms with Crippen LogP contribution < -0.4 is 10.2 Å². The zero-order chi connectivity index (χ0) is 19.4. The van der Waals surface area contributed by atoms with Gasteiger partial charge in [0.2, 0.25) is 0 Å². The molecule has 1 heterocycles. The van der Waals surface area contributed by atoms with Crippen LogP contribution in [0.2, 0.25) is 10.0 Å². The number of hydrogen-bond donors (Lipinski definition) is 1. The average Bonchev–Trinajstić information content (AvgIpc) is 2.95. The lowest BCUT2D eigenvalue weighted by atomic mass is 10.2. The molecule has 3 aromatic rings. The van der Waals surface area contributed by atoms with Crippen molar-refractivity contribution in [3.8, 4) is 11.4 Å². The highest BCUT2D eigenvalue weighted by atomic mass is 35.5. The molecule has 0 spiro atoms. The van der Waals surface area contributed by atoms with E-state index in [9.17, 15) is 0 Å². The highest BCUT2D eigenvalue weighted by Crippen LogP contribution is 2.31. The number of para-hydroxylation sites is 1. The summed E-state index contributed by atoms with van der Waals surface area (Å²) in [5.74, 6) is 0.842. The maximum Gasteiger partial charge on any atom is 0.123 e. The molecule has 0 atom stereocenters. The Morgan fingerprint density at radius 1 is 1.11 bits per heavy atom. The van der Waals surface area contributed by atoms with Crippen molar-refractivity contribution in [2.75, 3.05) is 7.11 Å². The minimum absolute atomic E-state index is 0.537. The number of aryl methyl sites for hydroxylation is 1. The van der Waals surface area contributed by atoms with Gasteiger partial charge >= 0.3 is 0 Å². The summed E-state index contributed by atoms with van der Waals surface area (Å²) in [5.41, 5.74) is 8.09. The van der Waals surface area contributed by atoms with Crippen LogP contribution in [0.1, 0.15) is 22.5 Å². The highest BCUT2D eigenvalue weighted by Gasteiger charge is 2.13. The van der Waals surface area contributed by atoms with Gasteiger partial charge < -0.3 is 14.7 Å². The molecule has 2 aromatic carbocycles. The summed E-state index contributed by atoms with van der Waals surface area (Å²) < 4.78 is 7.43. The third-order valence-corrected chi connectivity index (χ3v) is 5.21. The molecule has 0 saturated heterocycles. The highest BCUT2D eigenvalue weighted by molar-refractivity contribution is 6.43. The molecule has 0 radical (unpaired) electrons. The monoisotopic (exact) mass is 401 g/mol. The Hall–Kier alpha value is -2.43. The Morgan fingerprint density at radius 3 is 2.67 bits per heavy atom. The first kappa shape index (κ1) is 19.3. The lowest BCUT2D eigenvalue weighted by molar-refractivity contribution is 0.408. The predicted molar refractivity (Wildman–Crippen MR) is 113 cm³/mol. The Kier molecular flexibility index (Phi) is 6.09. The van der Waals surface area contributed by atoms with E-state index >= 15 is 0 Å². The largest absolute Gasteiger partial charge is 0.496 e. The van der Waals surface area contributed by atoms with Crippen molar-refractivity contribution in [3.05, 3.63) is 81.1 Å². The van der Waals surface area contributed by atoms with Gasteiger partial charge in [-0.3, -0.25) is 0 Å². The van der Waals surface area contributed by atoms with Crippen molar-refractivity contribution in [1.29, 1.82) is 0 Å². The van der Waals surface area contributed by atoms with Crippen LogP contribution in [0.5, 0.6) is 5.75 Å². The zero-order valence-corrected chi connectivity index (χ0v) is 17.0. The molecule has 0 fully saturated rings. The van der Waals surface area contributed by atoms with Crippen LogP contribution in [0.15, 0.2) is 53.6 Å². The molecule has 0 bridgehead atoms. The maximum absolute atomic E-state index is 6.39. The molecule has 0 aliphatic heterocycles. The third kappa shape index (κ3) is 4.12. The summed E-state index contributed by atoms with van der Waals surface area (Å²) >= 11 is 12.6. The molecule has 140 valence electrons. The topological polar surface area (TPSA) is 38.5 Å². The van der Waals surface area contributed by atoms with E-state index in [0.717, 1.165) is 34.0 Å². The lowest BCUT2D eigenvalue weighted by Crippen LogP contribution is -2.07. The lowest BCUT2D eigenvalue weighted by Gasteiger charge is -2.12. The number of hydrogen-bond acceptors (Lipinski definition) is 3. The van der Waals surface area contributed by atoms with Crippen molar-refractivity contribution >= 4 is 29.4 Å². The van der Waals surface area contributed by atoms with Gasteiger partial charge in [0.1, 0.15) is 5.75 Å². The molecular weight excluding hydrogens is 381 g/mol. The SMILES string of the molecule is COc1ccccc1CN/N=C\c1cc(C)n(-c2cccc(Cl)c2Cl)c1C. The number of nitrogens with one attached hydrogen (secondary N) is 1. The van der Waals surface area contributed by atoms with E-state index in [0.29, 0.717) is 16.6 Å². The van der Waals surface area contributed by atoms with Crippen molar-refractivity contribution in [2.45, 2.75) is 20.4 Å². The zero-order valence-electron chi connectivity index (χ0n) is 15.5. The number of benzene rings is 2. The second kappa shape index (κ2) is 8.51. The molecule has 3 rings (SSSR count). The van der Waals surface area contributed by atoms with Gasteiger partial charge in [0, 0.05) is 22.5 Å². The van der Waals surface area contributed by atoms with Gasteiger partial charge in [-0.15, -0.1) is 0 Å². The van der Waals surface area contributed by atoms with Crippen LogP contribution in [-0.2, 0) is 6.54 Å². The fourth-order valence-corrected chi connectivity index (χ4v) is 3.43. The number of methoxy groups -OCH3 is 1. The van der Waals surface area contributed by atoms with Gasteiger partial charge in [-0.05, 0) is 38.1 Å². The minimum Gasteiger partial charge on any atom is -0.496 e. The molecule has 1 aromatic heterocycles. The minimum atomic E-state index is 0.537.